The summed E-state index contributed by atoms with van der Waals surface area (Å²) in [5.74, 6) is -0.461. The average Bonchev–Trinajstić information content (AvgIpc) is 3.03. The lowest BCUT2D eigenvalue weighted by Crippen LogP contribution is -2.33. The van der Waals surface area contributed by atoms with Crippen LogP contribution in [0.15, 0.2) is 33.3 Å². The molecule has 0 aromatic carbocycles. The summed E-state index contributed by atoms with van der Waals surface area (Å²) in [6.07, 6.45) is 6.58. The highest BCUT2D eigenvalue weighted by molar-refractivity contribution is 8.26. The number of hydrogen-bond donors (Lipinski definition) is 1. The number of thioether (sulfide) groups is 1. The van der Waals surface area contributed by atoms with Gasteiger partial charge in [-0.05, 0) is 31.6 Å². The predicted molar refractivity (Wildman–Crippen MR) is 92.8 cm³/mol. The first-order valence-corrected chi connectivity index (χ1v) is 9.10. The van der Waals surface area contributed by atoms with E-state index in [4.69, 9.17) is 17.3 Å². The third-order valence-corrected chi connectivity index (χ3v) is 6.83. The number of rotatable bonds is 3. The van der Waals surface area contributed by atoms with E-state index in [0.29, 0.717) is 15.1 Å². The standard InChI is InChI=1S/C17H17NO3S2/c1-8-9-2-3-10(8)12-5-4-11(9)13(12)6-14-16(21)18(7-15(19)20)17(22)23-14/h6,8,13H,2-5,7H2,1H3,(H,19,20). The van der Waals surface area contributed by atoms with Crippen LogP contribution in [-0.4, -0.2) is 32.7 Å². The van der Waals surface area contributed by atoms with E-state index >= 15 is 0 Å². The molecule has 0 aromatic rings. The molecule has 0 aromatic heterocycles. The van der Waals surface area contributed by atoms with E-state index in [-0.39, 0.29) is 18.4 Å². The van der Waals surface area contributed by atoms with Gasteiger partial charge in [-0.1, -0.05) is 59.3 Å². The van der Waals surface area contributed by atoms with Crippen LogP contribution in [0.5, 0.6) is 0 Å². The Labute approximate surface area is 144 Å². The number of carboxylic acids is 1. The second-order valence-electron chi connectivity index (χ2n) is 6.48. The van der Waals surface area contributed by atoms with Crippen LogP contribution < -0.4 is 0 Å². The van der Waals surface area contributed by atoms with Gasteiger partial charge in [-0.2, -0.15) is 0 Å². The molecule has 0 atom stereocenters. The highest BCUT2D eigenvalue weighted by atomic mass is 32.2. The Kier molecular flexibility index (Phi) is 3.50. The summed E-state index contributed by atoms with van der Waals surface area (Å²) >= 11 is 6.41. The number of allylic oxidation sites excluding steroid dienone is 5. The molecule has 4 aliphatic rings. The van der Waals surface area contributed by atoms with E-state index in [2.05, 4.69) is 6.92 Å². The van der Waals surface area contributed by atoms with Crippen LogP contribution in [0.3, 0.4) is 0 Å². The highest BCUT2D eigenvalue weighted by Crippen LogP contribution is 2.55. The summed E-state index contributed by atoms with van der Waals surface area (Å²) in [7, 11) is 0. The average molecular weight is 347 g/mol. The molecule has 0 unspecified atom stereocenters. The fraction of sp³-hybridized carbons (Fsp3) is 0.471. The fourth-order valence-electron chi connectivity index (χ4n) is 4.44. The number of thiocarbonyl (C=S) groups is 1. The van der Waals surface area contributed by atoms with Crippen LogP contribution in [0.25, 0.3) is 0 Å². The molecule has 120 valence electrons. The van der Waals surface area contributed by atoms with Crippen LogP contribution in [0.2, 0.25) is 0 Å². The predicted octanol–water partition coefficient (Wildman–Crippen LogP) is 3.26. The molecule has 1 heterocycles. The van der Waals surface area contributed by atoms with E-state index in [1.165, 1.54) is 40.6 Å². The highest BCUT2D eigenvalue weighted by Gasteiger charge is 2.42. The first-order valence-electron chi connectivity index (χ1n) is 7.88. The topological polar surface area (TPSA) is 57.6 Å². The van der Waals surface area contributed by atoms with Crippen LogP contribution in [-0.2, 0) is 9.59 Å². The van der Waals surface area contributed by atoms with Gasteiger partial charge in [0, 0.05) is 5.92 Å². The van der Waals surface area contributed by atoms with E-state index in [0.717, 1.165) is 12.8 Å². The van der Waals surface area contributed by atoms with Crippen molar-refractivity contribution in [3.63, 3.8) is 0 Å². The Morgan fingerprint density at radius 1 is 1.26 bits per heavy atom. The molecule has 3 fully saturated rings. The van der Waals surface area contributed by atoms with E-state index in [1.807, 2.05) is 6.08 Å². The molecule has 2 saturated carbocycles. The molecular weight excluding hydrogens is 330 g/mol. The zero-order chi connectivity index (χ0) is 16.3. The van der Waals surface area contributed by atoms with Crippen LogP contribution >= 0.6 is 24.0 Å². The van der Waals surface area contributed by atoms with Crippen molar-refractivity contribution in [3.8, 4) is 0 Å². The number of amides is 1. The number of nitrogens with zero attached hydrogens (tertiary/aromatic N) is 1. The van der Waals surface area contributed by atoms with Gasteiger partial charge in [0.25, 0.3) is 5.91 Å². The van der Waals surface area contributed by atoms with Gasteiger partial charge in [-0.3, -0.25) is 14.5 Å². The quantitative estimate of drug-likeness (QED) is 0.482. The van der Waals surface area contributed by atoms with Crippen molar-refractivity contribution in [3.05, 3.63) is 33.3 Å². The van der Waals surface area contributed by atoms with Crippen LogP contribution in [0.1, 0.15) is 32.6 Å². The van der Waals surface area contributed by atoms with Crippen molar-refractivity contribution < 1.29 is 14.7 Å². The lowest BCUT2D eigenvalue weighted by atomic mass is 9.82. The van der Waals surface area contributed by atoms with Crippen molar-refractivity contribution in [2.24, 2.45) is 11.8 Å². The number of carbonyl (C=O) groups excluding carboxylic acids is 1. The number of fused-ring (bicyclic) bond motifs is 4. The van der Waals surface area contributed by atoms with Gasteiger partial charge in [0.15, 0.2) is 0 Å². The minimum absolute atomic E-state index is 0.248. The minimum atomic E-state index is -1.04. The molecule has 6 heteroatoms. The van der Waals surface area contributed by atoms with Gasteiger partial charge in [0.1, 0.15) is 10.9 Å². The minimum Gasteiger partial charge on any atom is -0.480 e. The summed E-state index contributed by atoms with van der Waals surface area (Å²) in [5.41, 5.74) is 6.14. The Bertz CT molecular complexity index is 717. The number of carbonyl (C=O) groups is 2. The third-order valence-electron chi connectivity index (χ3n) is 5.43. The molecule has 23 heavy (non-hydrogen) atoms. The molecule has 4 rings (SSSR count). The molecular formula is C17H17NO3S2. The summed E-state index contributed by atoms with van der Waals surface area (Å²) < 4.78 is 0.346. The zero-order valence-electron chi connectivity index (χ0n) is 12.8. The Balaban J connectivity index is 1.67. The Hall–Kier alpha value is -1.40. The summed E-state index contributed by atoms with van der Waals surface area (Å²) in [4.78, 5) is 25.1. The number of carboxylic acid groups (broad SMARTS) is 1. The maximum atomic E-state index is 12.5. The van der Waals surface area contributed by atoms with Crippen LogP contribution in [0.4, 0.5) is 0 Å². The van der Waals surface area contributed by atoms with Crippen LogP contribution in [0, 0.1) is 11.8 Å². The van der Waals surface area contributed by atoms with Crippen molar-refractivity contribution in [1.82, 2.24) is 4.90 Å². The molecule has 1 saturated heterocycles. The van der Waals surface area contributed by atoms with E-state index in [9.17, 15) is 9.59 Å². The molecule has 4 bridgehead atoms. The normalized spacial score (nSPS) is 31.2. The van der Waals surface area contributed by atoms with Crippen molar-refractivity contribution in [1.29, 1.82) is 0 Å². The number of hydrogen-bond acceptors (Lipinski definition) is 4. The fourth-order valence-corrected chi connectivity index (χ4v) is 5.70. The van der Waals surface area contributed by atoms with Gasteiger partial charge in [0.2, 0.25) is 0 Å². The molecule has 0 radical (unpaired) electrons. The summed E-state index contributed by atoms with van der Waals surface area (Å²) in [5, 5.41) is 8.92. The first kappa shape index (κ1) is 15.1. The van der Waals surface area contributed by atoms with Gasteiger partial charge in [-0.25, -0.2) is 0 Å². The van der Waals surface area contributed by atoms with Crippen molar-refractivity contribution in [2.45, 2.75) is 32.6 Å². The lowest BCUT2D eigenvalue weighted by molar-refractivity contribution is -0.140. The largest absolute Gasteiger partial charge is 0.480 e. The van der Waals surface area contributed by atoms with Gasteiger partial charge in [-0.15, -0.1) is 0 Å². The smallest absolute Gasteiger partial charge is 0.323 e. The molecule has 3 aliphatic carbocycles. The Morgan fingerprint density at radius 3 is 2.39 bits per heavy atom. The third kappa shape index (κ3) is 2.22. The molecule has 1 aliphatic heterocycles. The summed E-state index contributed by atoms with van der Waals surface area (Å²) in [6, 6.07) is 0. The molecule has 4 nitrogen and oxygen atoms in total. The summed E-state index contributed by atoms with van der Waals surface area (Å²) in [6.45, 7) is 1.94. The number of aliphatic carboxylic acids is 1. The zero-order valence-corrected chi connectivity index (χ0v) is 14.4. The van der Waals surface area contributed by atoms with Gasteiger partial charge < -0.3 is 5.11 Å². The van der Waals surface area contributed by atoms with Crippen molar-refractivity contribution >= 4 is 40.2 Å². The molecule has 1 amide bonds. The van der Waals surface area contributed by atoms with Gasteiger partial charge >= 0.3 is 5.97 Å². The SMILES string of the molecule is CC1C2=C3CCC(=C1CC2)C3C=C1SC(=S)N(CC(=O)O)C1=O. The van der Waals surface area contributed by atoms with Crippen molar-refractivity contribution in [2.75, 3.05) is 6.54 Å². The lowest BCUT2D eigenvalue weighted by Gasteiger charge is -2.23. The Morgan fingerprint density at radius 2 is 1.83 bits per heavy atom. The second-order valence-corrected chi connectivity index (χ2v) is 8.16. The maximum absolute atomic E-state index is 12.5. The van der Waals surface area contributed by atoms with Gasteiger partial charge in [0.05, 0.1) is 4.91 Å². The van der Waals surface area contributed by atoms with E-state index in [1.54, 1.807) is 11.1 Å². The monoisotopic (exact) mass is 347 g/mol. The molecule has 1 N–H and O–H groups in total. The molecule has 0 spiro atoms. The second kappa shape index (κ2) is 5.31. The first-order chi connectivity index (χ1) is 11.0. The van der Waals surface area contributed by atoms with E-state index < -0.39 is 5.97 Å². The maximum Gasteiger partial charge on any atom is 0.323 e.